The molecule has 0 bridgehead atoms. The van der Waals surface area contributed by atoms with E-state index >= 15 is 0 Å². The van der Waals surface area contributed by atoms with Crippen LogP contribution < -0.4 is 16.4 Å². The van der Waals surface area contributed by atoms with Gasteiger partial charge in [0.2, 0.25) is 11.8 Å². The van der Waals surface area contributed by atoms with Crippen LogP contribution in [0.15, 0.2) is 24.3 Å². The summed E-state index contributed by atoms with van der Waals surface area (Å²) in [4.78, 5) is 23.7. The molecule has 0 unspecified atom stereocenters. The Morgan fingerprint density at radius 1 is 1.12 bits per heavy atom. The quantitative estimate of drug-likeness (QED) is 0.670. The lowest BCUT2D eigenvalue weighted by Gasteiger charge is -2.14. The molecule has 0 aliphatic heterocycles. The maximum atomic E-state index is 11.9. The Hall–Kier alpha value is -1.59. The van der Waals surface area contributed by atoms with Crippen molar-refractivity contribution in [1.29, 1.82) is 0 Å². The summed E-state index contributed by atoms with van der Waals surface area (Å²) in [6.07, 6.45) is 1.15. The van der Waals surface area contributed by atoms with Gasteiger partial charge in [-0.1, -0.05) is 39.8 Å². The molecule has 6 heteroatoms. The van der Waals surface area contributed by atoms with Gasteiger partial charge in [0.25, 0.3) is 0 Å². The normalized spacial score (nSPS) is 11.8. The van der Waals surface area contributed by atoms with Gasteiger partial charge in [0.15, 0.2) is 0 Å². The van der Waals surface area contributed by atoms with Gasteiger partial charge in [-0.2, -0.15) is 0 Å². The van der Waals surface area contributed by atoms with Gasteiger partial charge in [-0.25, -0.2) is 0 Å². The standard InChI is InChI=1S/C18H29N3O2.ClH/c1-12(2)8-16(19)18(23)20-11-14-6-5-7-15(10-14)21-17(22)9-13(3)4;/h5-7,10,12-13,16H,8-9,11,19H2,1-4H3,(H,20,23)(H,21,22);1H/t16-;/m0./s1. The molecular weight excluding hydrogens is 326 g/mol. The van der Waals surface area contributed by atoms with Crippen molar-refractivity contribution < 1.29 is 9.59 Å². The second kappa shape index (κ2) is 11.0. The van der Waals surface area contributed by atoms with Crippen molar-refractivity contribution in [2.24, 2.45) is 17.6 Å². The van der Waals surface area contributed by atoms with E-state index in [1.165, 1.54) is 0 Å². The molecule has 4 N–H and O–H groups in total. The van der Waals surface area contributed by atoms with Crippen LogP contribution in [-0.4, -0.2) is 17.9 Å². The minimum Gasteiger partial charge on any atom is -0.351 e. The first-order chi connectivity index (χ1) is 10.8. The van der Waals surface area contributed by atoms with Crippen LogP contribution in [0.3, 0.4) is 0 Å². The fraction of sp³-hybridized carbons (Fsp3) is 0.556. The van der Waals surface area contributed by atoms with Gasteiger partial charge in [-0.15, -0.1) is 12.4 Å². The van der Waals surface area contributed by atoms with Gasteiger partial charge in [0.1, 0.15) is 0 Å². The molecule has 5 nitrogen and oxygen atoms in total. The van der Waals surface area contributed by atoms with Gasteiger partial charge < -0.3 is 16.4 Å². The van der Waals surface area contributed by atoms with Crippen molar-refractivity contribution in [3.63, 3.8) is 0 Å². The summed E-state index contributed by atoms with van der Waals surface area (Å²) in [7, 11) is 0. The summed E-state index contributed by atoms with van der Waals surface area (Å²) < 4.78 is 0. The summed E-state index contributed by atoms with van der Waals surface area (Å²) in [5.41, 5.74) is 7.53. The average molecular weight is 356 g/mol. The van der Waals surface area contributed by atoms with Crippen molar-refractivity contribution in [1.82, 2.24) is 5.32 Å². The van der Waals surface area contributed by atoms with E-state index < -0.39 is 6.04 Å². The smallest absolute Gasteiger partial charge is 0.237 e. The molecule has 0 aliphatic carbocycles. The third kappa shape index (κ3) is 8.89. The molecule has 0 saturated carbocycles. The van der Waals surface area contributed by atoms with Crippen molar-refractivity contribution in [2.45, 2.75) is 53.1 Å². The highest BCUT2D eigenvalue weighted by Gasteiger charge is 2.14. The third-order valence-electron chi connectivity index (χ3n) is 3.33. The maximum absolute atomic E-state index is 11.9. The van der Waals surface area contributed by atoms with E-state index in [1.807, 2.05) is 52.0 Å². The number of amides is 2. The van der Waals surface area contributed by atoms with Crippen LogP contribution in [0.25, 0.3) is 0 Å². The van der Waals surface area contributed by atoms with Gasteiger partial charge in [-0.3, -0.25) is 9.59 Å². The molecule has 0 heterocycles. The molecule has 0 radical (unpaired) electrons. The van der Waals surface area contributed by atoms with Crippen LogP contribution >= 0.6 is 12.4 Å². The molecule has 136 valence electrons. The van der Waals surface area contributed by atoms with Gasteiger partial charge in [-0.05, 0) is 36.0 Å². The zero-order chi connectivity index (χ0) is 17.4. The summed E-state index contributed by atoms with van der Waals surface area (Å²) in [5.74, 6) is 0.559. The van der Waals surface area contributed by atoms with Crippen LogP contribution in [0.1, 0.15) is 46.1 Å². The molecule has 0 saturated heterocycles. The summed E-state index contributed by atoms with van der Waals surface area (Å²) in [5, 5.41) is 5.71. The van der Waals surface area contributed by atoms with Crippen LogP contribution in [0.2, 0.25) is 0 Å². The number of nitrogens with two attached hydrogens (primary N) is 1. The summed E-state index contributed by atoms with van der Waals surface area (Å²) in [6.45, 7) is 8.49. The number of hydrogen-bond acceptors (Lipinski definition) is 3. The van der Waals surface area contributed by atoms with E-state index in [1.54, 1.807) is 0 Å². The lowest BCUT2D eigenvalue weighted by Crippen LogP contribution is -2.41. The number of carbonyl (C=O) groups is 2. The first-order valence-electron chi connectivity index (χ1n) is 8.20. The predicted molar refractivity (Wildman–Crippen MR) is 101 cm³/mol. The fourth-order valence-corrected chi connectivity index (χ4v) is 2.28. The molecule has 1 rings (SSSR count). The fourth-order valence-electron chi connectivity index (χ4n) is 2.28. The van der Waals surface area contributed by atoms with Crippen LogP contribution in [0, 0.1) is 11.8 Å². The topological polar surface area (TPSA) is 84.2 Å². The van der Waals surface area contributed by atoms with Crippen LogP contribution in [0.5, 0.6) is 0 Å². The molecular formula is C18H30ClN3O2. The van der Waals surface area contributed by atoms with E-state index in [2.05, 4.69) is 10.6 Å². The minimum atomic E-state index is -0.482. The lowest BCUT2D eigenvalue weighted by atomic mass is 10.0. The van der Waals surface area contributed by atoms with Crippen molar-refractivity contribution in [3.8, 4) is 0 Å². The Morgan fingerprint density at radius 3 is 2.38 bits per heavy atom. The van der Waals surface area contributed by atoms with Crippen molar-refractivity contribution >= 4 is 29.9 Å². The zero-order valence-corrected chi connectivity index (χ0v) is 15.8. The highest BCUT2D eigenvalue weighted by atomic mass is 35.5. The van der Waals surface area contributed by atoms with Crippen LogP contribution in [-0.2, 0) is 16.1 Å². The van der Waals surface area contributed by atoms with E-state index in [4.69, 9.17) is 5.73 Å². The highest BCUT2D eigenvalue weighted by molar-refractivity contribution is 5.90. The van der Waals surface area contributed by atoms with Crippen molar-refractivity contribution in [2.75, 3.05) is 5.32 Å². The highest BCUT2D eigenvalue weighted by Crippen LogP contribution is 2.12. The monoisotopic (exact) mass is 355 g/mol. The number of halogens is 1. The predicted octanol–water partition coefficient (Wildman–Crippen LogP) is 3.08. The number of anilines is 1. The summed E-state index contributed by atoms with van der Waals surface area (Å²) in [6, 6.07) is 7.00. The Balaban J connectivity index is 0.00000529. The average Bonchev–Trinajstić information content (AvgIpc) is 2.43. The first kappa shape index (κ1) is 22.4. The Morgan fingerprint density at radius 2 is 1.79 bits per heavy atom. The maximum Gasteiger partial charge on any atom is 0.237 e. The number of nitrogens with one attached hydrogen (secondary N) is 2. The molecule has 0 aliphatic rings. The van der Waals surface area contributed by atoms with E-state index in [0.29, 0.717) is 31.2 Å². The second-order valence-electron chi connectivity index (χ2n) is 6.80. The molecule has 0 fully saturated rings. The molecule has 1 aromatic rings. The zero-order valence-electron chi connectivity index (χ0n) is 15.0. The van der Waals surface area contributed by atoms with Crippen molar-refractivity contribution in [3.05, 3.63) is 29.8 Å². The van der Waals surface area contributed by atoms with Gasteiger partial charge >= 0.3 is 0 Å². The molecule has 1 aromatic carbocycles. The SMILES string of the molecule is CC(C)CC(=O)Nc1cccc(CNC(=O)[C@@H](N)CC(C)C)c1.Cl. The third-order valence-corrected chi connectivity index (χ3v) is 3.33. The number of carbonyl (C=O) groups excluding carboxylic acids is 2. The molecule has 1 atom stereocenters. The van der Waals surface area contributed by atoms with E-state index in [0.717, 1.165) is 11.3 Å². The number of rotatable bonds is 8. The lowest BCUT2D eigenvalue weighted by molar-refractivity contribution is -0.123. The minimum absolute atomic E-state index is 0. The van der Waals surface area contributed by atoms with E-state index in [-0.39, 0.29) is 24.2 Å². The number of benzene rings is 1. The molecule has 0 spiro atoms. The molecule has 2 amide bonds. The number of hydrogen-bond donors (Lipinski definition) is 3. The largest absolute Gasteiger partial charge is 0.351 e. The molecule has 24 heavy (non-hydrogen) atoms. The Labute approximate surface area is 151 Å². The molecule has 0 aromatic heterocycles. The summed E-state index contributed by atoms with van der Waals surface area (Å²) >= 11 is 0. The van der Waals surface area contributed by atoms with E-state index in [9.17, 15) is 9.59 Å². The Kier molecular flexibility index (Phi) is 10.3. The van der Waals surface area contributed by atoms with Gasteiger partial charge in [0, 0.05) is 18.7 Å². The Bertz CT molecular complexity index is 533. The van der Waals surface area contributed by atoms with Crippen LogP contribution in [0.4, 0.5) is 5.69 Å². The van der Waals surface area contributed by atoms with Gasteiger partial charge in [0.05, 0.1) is 6.04 Å². The first-order valence-corrected chi connectivity index (χ1v) is 8.20. The second-order valence-corrected chi connectivity index (χ2v) is 6.80.